The summed E-state index contributed by atoms with van der Waals surface area (Å²) >= 11 is 12.6. The second kappa shape index (κ2) is 6.52. The monoisotopic (exact) mass is 224 g/mol. The van der Waals surface area contributed by atoms with E-state index in [4.69, 9.17) is 23.2 Å². The van der Waals surface area contributed by atoms with Crippen LogP contribution < -0.4 is 0 Å². The highest BCUT2D eigenvalue weighted by Gasteiger charge is 1.98. The maximum absolute atomic E-state index is 5.58. The fourth-order valence-corrected chi connectivity index (χ4v) is 1.36. The highest BCUT2D eigenvalue weighted by Crippen LogP contribution is 2.16. The van der Waals surface area contributed by atoms with Crippen LogP contribution in [0.1, 0.15) is 13.8 Å². The molecule has 1 aromatic rings. The van der Waals surface area contributed by atoms with Gasteiger partial charge in [0, 0.05) is 6.07 Å². The smallest absolute Gasteiger partial charge is 0.190 e. The van der Waals surface area contributed by atoms with Gasteiger partial charge in [-0.25, -0.2) is 9.97 Å². The first-order chi connectivity index (χ1) is 5.72. The maximum atomic E-state index is 5.58. The molecule has 1 rings (SSSR count). The Morgan fingerprint density at radius 2 is 1.58 bits per heavy atom. The molecule has 0 saturated heterocycles. The lowest BCUT2D eigenvalue weighted by atomic mass is 10.7. The van der Waals surface area contributed by atoms with Crippen LogP contribution in [0.15, 0.2) is 11.2 Å². The molecule has 0 radical (unpaired) electrons. The largest absolute Gasteiger partial charge is 0.211 e. The third-order valence-electron chi connectivity index (χ3n) is 0.826. The first-order valence-corrected chi connectivity index (χ1v) is 5.44. The first kappa shape index (κ1) is 12.0. The van der Waals surface area contributed by atoms with E-state index in [2.05, 4.69) is 9.97 Å². The van der Waals surface area contributed by atoms with Crippen LogP contribution in [0.5, 0.6) is 0 Å². The molecule has 0 atom stereocenters. The first-order valence-electron chi connectivity index (χ1n) is 3.46. The number of hydrogen-bond donors (Lipinski definition) is 0. The fourth-order valence-electron chi connectivity index (χ4n) is 0.462. The Morgan fingerprint density at radius 1 is 1.17 bits per heavy atom. The molecule has 0 amide bonds. The Hall–Kier alpha value is 0.01000. The number of halogens is 2. The zero-order valence-electron chi connectivity index (χ0n) is 7.14. The summed E-state index contributed by atoms with van der Waals surface area (Å²) in [5.74, 6) is 0. The lowest BCUT2D eigenvalue weighted by molar-refractivity contribution is 0.971. The molecule has 0 spiro atoms. The Morgan fingerprint density at radius 3 is 1.92 bits per heavy atom. The summed E-state index contributed by atoms with van der Waals surface area (Å²) in [5, 5.41) is 1.35. The maximum Gasteiger partial charge on any atom is 0.190 e. The molecular formula is C7H10Cl2N2S. The van der Waals surface area contributed by atoms with Gasteiger partial charge in [-0.15, -0.1) is 0 Å². The number of thioether (sulfide) groups is 1. The predicted octanol–water partition coefficient (Wildman–Crippen LogP) is 3.53. The Bertz CT molecular complexity index is 223. The topological polar surface area (TPSA) is 25.8 Å². The normalized spacial score (nSPS) is 8.75. The molecule has 0 aliphatic carbocycles. The van der Waals surface area contributed by atoms with Crippen LogP contribution in [0.25, 0.3) is 0 Å². The van der Waals surface area contributed by atoms with Crippen LogP contribution in [0, 0.1) is 0 Å². The summed E-state index contributed by atoms with van der Waals surface area (Å²) in [5.41, 5.74) is 0. The second-order valence-electron chi connectivity index (χ2n) is 1.50. The van der Waals surface area contributed by atoms with E-state index in [1.54, 1.807) is 0 Å². The van der Waals surface area contributed by atoms with Gasteiger partial charge in [-0.3, -0.25) is 0 Å². The number of nitrogens with zero attached hydrogens (tertiary/aromatic N) is 2. The van der Waals surface area contributed by atoms with Crippen LogP contribution in [-0.4, -0.2) is 16.2 Å². The molecule has 0 fully saturated rings. The molecule has 5 heteroatoms. The highest BCUT2D eigenvalue weighted by molar-refractivity contribution is 7.98. The Kier molecular flexibility index (Phi) is 6.52. The molecule has 2 nitrogen and oxygen atoms in total. The molecule has 0 saturated carbocycles. The van der Waals surface area contributed by atoms with E-state index in [0.29, 0.717) is 15.5 Å². The highest BCUT2D eigenvalue weighted by atomic mass is 35.5. The molecule has 0 N–H and O–H groups in total. The molecule has 0 aliphatic heterocycles. The summed E-state index contributed by atoms with van der Waals surface area (Å²) in [6, 6.07) is 1.50. The number of hydrogen-bond acceptors (Lipinski definition) is 3. The van der Waals surface area contributed by atoms with Gasteiger partial charge in [0.25, 0.3) is 0 Å². The van der Waals surface area contributed by atoms with Gasteiger partial charge in [0.2, 0.25) is 0 Å². The molecular weight excluding hydrogens is 215 g/mol. The van der Waals surface area contributed by atoms with Crippen molar-refractivity contribution in [2.75, 3.05) is 6.26 Å². The van der Waals surface area contributed by atoms with Crippen molar-refractivity contribution in [1.29, 1.82) is 0 Å². The van der Waals surface area contributed by atoms with Gasteiger partial charge in [0.1, 0.15) is 10.3 Å². The summed E-state index contributed by atoms with van der Waals surface area (Å²) in [7, 11) is 0. The van der Waals surface area contributed by atoms with Crippen molar-refractivity contribution in [1.82, 2.24) is 9.97 Å². The SMILES string of the molecule is CC.CSc1nc(Cl)cc(Cl)n1. The minimum atomic E-state index is 0.379. The zero-order chi connectivity index (χ0) is 9.56. The fraction of sp³-hybridized carbons (Fsp3) is 0.429. The van der Waals surface area contributed by atoms with Crippen molar-refractivity contribution in [3.8, 4) is 0 Å². The molecule has 1 aromatic heterocycles. The average Bonchev–Trinajstić information content (AvgIpc) is 2.06. The zero-order valence-corrected chi connectivity index (χ0v) is 9.46. The van der Waals surface area contributed by atoms with Crippen molar-refractivity contribution in [2.45, 2.75) is 19.0 Å². The van der Waals surface area contributed by atoms with Crippen LogP contribution in [0.3, 0.4) is 0 Å². The van der Waals surface area contributed by atoms with Crippen molar-refractivity contribution in [3.05, 3.63) is 16.4 Å². The lowest BCUT2D eigenvalue weighted by Gasteiger charge is -1.94. The van der Waals surface area contributed by atoms with E-state index in [1.807, 2.05) is 20.1 Å². The van der Waals surface area contributed by atoms with Crippen molar-refractivity contribution >= 4 is 35.0 Å². The molecule has 0 unspecified atom stereocenters. The minimum Gasteiger partial charge on any atom is -0.211 e. The summed E-state index contributed by atoms with van der Waals surface area (Å²) in [6.07, 6.45) is 1.86. The summed E-state index contributed by atoms with van der Waals surface area (Å²) in [4.78, 5) is 7.77. The van der Waals surface area contributed by atoms with Gasteiger partial charge in [0.05, 0.1) is 0 Å². The summed E-state index contributed by atoms with van der Waals surface area (Å²) in [6.45, 7) is 4.00. The van der Waals surface area contributed by atoms with Gasteiger partial charge in [-0.2, -0.15) is 0 Å². The van der Waals surface area contributed by atoms with Crippen molar-refractivity contribution in [3.63, 3.8) is 0 Å². The quantitative estimate of drug-likeness (QED) is 0.415. The van der Waals surface area contributed by atoms with E-state index in [1.165, 1.54) is 17.8 Å². The lowest BCUT2D eigenvalue weighted by Crippen LogP contribution is -1.85. The Balaban J connectivity index is 0.000000561. The van der Waals surface area contributed by atoms with E-state index in [9.17, 15) is 0 Å². The van der Waals surface area contributed by atoms with Crippen LogP contribution in [0.4, 0.5) is 0 Å². The third kappa shape index (κ3) is 4.14. The van der Waals surface area contributed by atoms with Gasteiger partial charge >= 0.3 is 0 Å². The molecule has 68 valence electrons. The standard InChI is InChI=1S/C5H4Cl2N2S.C2H6/c1-10-5-8-3(6)2-4(7)9-5;1-2/h2H,1H3;1-2H3. The van der Waals surface area contributed by atoms with E-state index in [-0.39, 0.29) is 0 Å². The Labute approximate surface area is 86.7 Å². The van der Waals surface area contributed by atoms with Crippen LogP contribution in [0.2, 0.25) is 10.3 Å². The van der Waals surface area contributed by atoms with Gasteiger partial charge < -0.3 is 0 Å². The molecule has 0 bridgehead atoms. The van der Waals surface area contributed by atoms with Crippen molar-refractivity contribution < 1.29 is 0 Å². The van der Waals surface area contributed by atoms with Crippen LogP contribution >= 0.6 is 35.0 Å². The number of aromatic nitrogens is 2. The molecule has 0 aromatic carbocycles. The third-order valence-corrected chi connectivity index (χ3v) is 1.76. The van der Waals surface area contributed by atoms with E-state index < -0.39 is 0 Å². The van der Waals surface area contributed by atoms with Crippen molar-refractivity contribution in [2.24, 2.45) is 0 Å². The van der Waals surface area contributed by atoms with E-state index in [0.717, 1.165) is 0 Å². The van der Waals surface area contributed by atoms with Crippen LogP contribution in [-0.2, 0) is 0 Å². The minimum absolute atomic E-state index is 0.379. The second-order valence-corrected chi connectivity index (χ2v) is 3.05. The van der Waals surface area contributed by atoms with Gasteiger partial charge in [-0.05, 0) is 6.26 Å². The van der Waals surface area contributed by atoms with Gasteiger partial charge in [0.15, 0.2) is 5.16 Å². The molecule has 0 aliphatic rings. The number of rotatable bonds is 1. The summed E-state index contributed by atoms with van der Waals surface area (Å²) < 4.78 is 0. The van der Waals surface area contributed by atoms with E-state index >= 15 is 0 Å². The molecule has 12 heavy (non-hydrogen) atoms. The molecule has 1 heterocycles. The average molecular weight is 225 g/mol. The predicted molar refractivity (Wildman–Crippen MR) is 55.2 cm³/mol. The van der Waals surface area contributed by atoms with Gasteiger partial charge in [-0.1, -0.05) is 48.8 Å².